The van der Waals surface area contributed by atoms with Crippen LogP contribution in [0.5, 0.6) is 0 Å². The van der Waals surface area contributed by atoms with E-state index in [0.29, 0.717) is 6.07 Å². The van der Waals surface area contributed by atoms with Crippen LogP contribution >= 0.6 is 0 Å². The molecule has 150 valence electrons. The number of nitrogens with one attached hydrogen (secondary N) is 1. The van der Waals surface area contributed by atoms with Crippen molar-refractivity contribution in [3.05, 3.63) is 70.8 Å². The van der Waals surface area contributed by atoms with Crippen molar-refractivity contribution in [3.8, 4) is 0 Å². The highest BCUT2D eigenvalue weighted by Gasteiger charge is 2.43. The summed E-state index contributed by atoms with van der Waals surface area (Å²) in [7, 11) is 0. The van der Waals surface area contributed by atoms with Gasteiger partial charge in [0.25, 0.3) is 0 Å². The van der Waals surface area contributed by atoms with Crippen LogP contribution in [-0.2, 0) is 15.5 Å². The average molecular weight is 403 g/mol. The third kappa shape index (κ3) is 5.11. The second-order valence-electron chi connectivity index (χ2n) is 6.13. The van der Waals surface area contributed by atoms with Gasteiger partial charge in [0, 0.05) is 5.56 Å². The summed E-state index contributed by atoms with van der Waals surface area (Å²) in [4.78, 5) is 23.1. The van der Waals surface area contributed by atoms with Gasteiger partial charge in [-0.3, -0.25) is 9.59 Å². The van der Waals surface area contributed by atoms with Crippen molar-refractivity contribution in [3.63, 3.8) is 0 Å². The summed E-state index contributed by atoms with van der Waals surface area (Å²) in [6, 6.07) is 4.89. The van der Waals surface area contributed by atoms with E-state index < -0.39 is 53.7 Å². The van der Waals surface area contributed by atoms with Gasteiger partial charge < -0.3 is 5.32 Å². The van der Waals surface area contributed by atoms with Crippen LogP contribution in [0.15, 0.2) is 42.5 Å². The first-order valence-corrected chi connectivity index (χ1v) is 8.02. The summed E-state index contributed by atoms with van der Waals surface area (Å²) in [6.07, 6.45) is -4.61. The minimum Gasteiger partial charge on any atom is -0.345 e. The maximum atomic E-state index is 13.9. The van der Waals surface area contributed by atoms with Crippen LogP contribution in [0.4, 0.5) is 26.3 Å². The molecule has 0 aromatic heterocycles. The largest absolute Gasteiger partial charge is 0.345 e. The third-order valence-electron chi connectivity index (χ3n) is 3.83. The molecule has 0 radical (unpaired) electrons. The summed E-state index contributed by atoms with van der Waals surface area (Å²) < 4.78 is 79.8. The zero-order valence-electron chi connectivity index (χ0n) is 14.5. The van der Waals surface area contributed by atoms with Gasteiger partial charge in [-0.15, -0.1) is 0 Å². The Hall–Kier alpha value is -2.84. The Labute approximate surface area is 156 Å². The Morgan fingerprint density at radius 3 is 2.11 bits per heavy atom. The fraction of sp³-hybridized carbons (Fsp3) is 0.263. The van der Waals surface area contributed by atoms with E-state index in [4.69, 9.17) is 0 Å². The second-order valence-corrected chi connectivity index (χ2v) is 6.13. The number of hydrogen-bond acceptors (Lipinski definition) is 2. The SMILES string of the molecule is CC(=O)CC(=O)NC(c1ccc(F)cc1)c1cc(F)cc(C(F)(F)C(F)F)c1. The van der Waals surface area contributed by atoms with Crippen molar-refractivity contribution >= 4 is 11.7 Å². The monoisotopic (exact) mass is 403 g/mol. The molecule has 2 aromatic rings. The Balaban J connectivity index is 2.53. The van der Waals surface area contributed by atoms with E-state index in [1.165, 1.54) is 12.1 Å². The van der Waals surface area contributed by atoms with E-state index in [9.17, 15) is 35.9 Å². The van der Waals surface area contributed by atoms with Crippen LogP contribution < -0.4 is 5.32 Å². The molecular formula is C19H15F6NO2. The van der Waals surface area contributed by atoms with E-state index in [1.807, 2.05) is 0 Å². The lowest BCUT2D eigenvalue weighted by atomic mass is 9.95. The Morgan fingerprint density at radius 1 is 0.964 bits per heavy atom. The molecule has 1 amide bonds. The van der Waals surface area contributed by atoms with Crippen LogP contribution in [0.1, 0.15) is 36.1 Å². The molecule has 1 unspecified atom stereocenters. The molecule has 2 rings (SSSR count). The molecule has 0 aliphatic carbocycles. The molecule has 0 saturated carbocycles. The lowest BCUT2D eigenvalue weighted by molar-refractivity contribution is -0.135. The molecule has 0 bridgehead atoms. The maximum absolute atomic E-state index is 13.9. The number of ketones is 1. The highest BCUT2D eigenvalue weighted by Crippen LogP contribution is 2.37. The predicted molar refractivity (Wildman–Crippen MR) is 88.0 cm³/mol. The normalized spacial score (nSPS) is 12.7. The maximum Gasteiger partial charge on any atom is 0.332 e. The van der Waals surface area contributed by atoms with Crippen molar-refractivity contribution in [2.75, 3.05) is 0 Å². The van der Waals surface area contributed by atoms with Crippen LogP contribution in [0.2, 0.25) is 0 Å². The standard InChI is InChI=1S/C19H15F6NO2/c1-10(27)6-16(28)26-17(11-2-4-14(20)5-3-11)12-7-13(9-15(21)8-12)19(24,25)18(22)23/h2-5,7-9,17-18H,6H2,1H3,(H,26,28). The number of halogens is 6. The quantitative estimate of drug-likeness (QED) is 0.546. The summed E-state index contributed by atoms with van der Waals surface area (Å²) >= 11 is 0. The number of benzene rings is 2. The predicted octanol–water partition coefficient (Wildman–Crippen LogP) is 4.51. The topological polar surface area (TPSA) is 46.2 Å². The first kappa shape index (κ1) is 21.5. The van der Waals surface area contributed by atoms with E-state index in [1.54, 1.807) is 0 Å². The molecule has 3 nitrogen and oxygen atoms in total. The van der Waals surface area contributed by atoms with Crippen LogP contribution in [0.25, 0.3) is 0 Å². The van der Waals surface area contributed by atoms with Gasteiger partial charge in [-0.1, -0.05) is 12.1 Å². The fourth-order valence-corrected chi connectivity index (χ4v) is 2.55. The van der Waals surface area contributed by atoms with Gasteiger partial charge in [0.2, 0.25) is 5.91 Å². The van der Waals surface area contributed by atoms with Crippen LogP contribution in [0.3, 0.4) is 0 Å². The molecule has 1 N–H and O–H groups in total. The molecule has 0 saturated heterocycles. The molecule has 0 heterocycles. The Bertz CT molecular complexity index is 867. The lowest BCUT2D eigenvalue weighted by Gasteiger charge is -2.22. The van der Waals surface area contributed by atoms with E-state index in [0.717, 1.165) is 25.1 Å². The van der Waals surface area contributed by atoms with Crippen molar-refractivity contribution in [2.45, 2.75) is 31.7 Å². The van der Waals surface area contributed by atoms with Crippen molar-refractivity contribution in [1.82, 2.24) is 5.32 Å². The van der Waals surface area contributed by atoms with Crippen LogP contribution in [0, 0.1) is 11.6 Å². The molecular weight excluding hydrogens is 388 g/mol. The number of amides is 1. The van der Waals surface area contributed by atoms with E-state index >= 15 is 0 Å². The number of rotatable bonds is 7. The van der Waals surface area contributed by atoms with E-state index in [2.05, 4.69) is 5.32 Å². The number of Topliss-reactive ketones (excluding diaryl/α,β-unsaturated/α-hetero) is 1. The fourth-order valence-electron chi connectivity index (χ4n) is 2.55. The van der Waals surface area contributed by atoms with Crippen molar-refractivity contribution in [2.24, 2.45) is 0 Å². The number of alkyl halides is 4. The molecule has 9 heteroatoms. The molecule has 0 aliphatic rings. The Kier molecular flexibility index (Phi) is 6.48. The number of carbonyl (C=O) groups is 2. The average Bonchev–Trinajstić information content (AvgIpc) is 2.59. The summed E-state index contributed by atoms with van der Waals surface area (Å²) in [5.41, 5.74) is -1.36. The molecule has 28 heavy (non-hydrogen) atoms. The van der Waals surface area contributed by atoms with Gasteiger partial charge in [-0.05, 0) is 48.4 Å². The van der Waals surface area contributed by atoms with Gasteiger partial charge >= 0.3 is 12.3 Å². The van der Waals surface area contributed by atoms with Crippen molar-refractivity contribution in [1.29, 1.82) is 0 Å². The summed E-state index contributed by atoms with van der Waals surface area (Å²) in [5, 5.41) is 2.35. The first-order valence-electron chi connectivity index (χ1n) is 8.02. The molecule has 0 spiro atoms. The van der Waals surface area contributed by atoms with Crippen LogP contribution in [-0.4, -0.2) is 18.1 Å². The molecule has 0 aliphatic heterocycles. The van der Waals surface area contributed by atoms with Crippen molar-refractivity contribution < 1.29 is 35.9 Å². The molecule has 1 atom stereocenters. The van der Waals surface area contributed by atoms with Gasteiger partial charge in [0.15, 0.2) is 0 Å². The molecule has 2 aromatic carbocycles. The zero-order chi connectivity index (χ0) is 21.1. The smallest absolute Gasteiger partial charge is 0.332 e. The Morgan fingerprint density at radius 2 is 1.57 bits per heavy atom. The number of carbonyl (C=O) groups excluding carboxylic acids is 2. The minimum absolute atomic E-state index is 0.176. The van der Waals surface area contributed by atoms with Gasteiger partial charge in [-0.2, -0.15) is 8.78 Å². The highest BCUT2D eigenvalue weighted by molar-refractivity contribution is 5.97. The number of hydrogen-bond donors (Lipinski definition) is 1. The summed E-state index contributed by atoms with van der Waals surface area (Å²) in [5.74, 6) is -7.75. The van der Waals surface area contributed by atoms with E-state index in [-0.39, 0.29) is 17.2 Å². The van der Waals surface area contributed by atoms with Gasteiger partial charge in [0.1, 0.15) is 17.4 Å². The lowest BCUT2D eigenvalue weighted by Crippen LogP contribution is -2.31. The summed E-state index contributed by atoms with van der Waals surface area (Å²) in [6.45, 7) is 1.15. The molecule has 0 fully saturated rings. The first-order chi connectivity index (χ1) is 13.0. The van der Waals surface area contributed by atoms with Gasteiger partial charge in [0.05, 0.1) is 12.5 Å². The highest BCUT2D eigenvalue weighted by atomic mass is 19.3. The second kappa shape index (κ2) is 8.45. The van der Waals surface area contributed by atoms with Gasteiger partial charge in [-0.25, -0.2) is 17.6 Å². The third-order valence-corrected chi connectivity index (χ3v) is 3.83. The zero-order valence-corrected chi connectivity index (χ0v) is 14.5. The minimum atomic E-state index is -4.62.